The van der Waals surface area contributed by atoms with Crippen LogP contribution in [-0.2, 0) is 11.3 Å². The van der Waals surface area contributed by atoms with Crippen molar-refractivity contribution in [2.45, 2.75) is 63.6 Å². The predicted molar refractivity (Wildman–Crippen MR) is 122 cm³/mol. The Balaban J connectivity index is 1.23. The molecular formula is C27H37NO2. The summed E-state index contributed by atoms with van der Waals surface area (Å²) in [4.78, 5) is 2.61. The molecule has 1 aliphatic heterocycles. The molecule has 0 unspecified atom stereocenters. The maximum absolute atomic E-state index is 10.1. The van der Waals surface area contributed by atoms with E-state index >= 15 is 0 Å². The molecule has 2 aromatic rings. The van der Waals surface area contributed by atoms with E-state index in [1.807, 2.05) is 0 Å². The van der Waals surface area contributed by atoms with Crippen molar-refractivity contribution in [3.8, 4) is 0 Å². The number of hydrogen-bond donors (Lipinski definition) is 1. The van der Waals surface area contributed by atoms with E-state index in [0.717, 1.165) is 31.6 Å². The van der Waals surface area contributed by atoms with E-state index in [1.54, 1.807) is 0 Å². The van der Waals surface area contributed by atoms with Crippen molar-refractivity contribution in [1.29, 1.82) is 0 Å². The van der Waals surface area contributed by atoms with Gasteiger partial charge >= 0.3 is 0 Å². The van der Waals surface area contributed by atoms with Crippen LogP contribution >= 0.6 is 0 Å². The topological polar surface area (TPSA) is 32.7 Å². The van der Waals surface area contributed by atoms with Crippen LogP contribution in [-0.4, -0.2) is 35.8 Å². The third kappa shape index (κ3) is 5.51. The monoisotopic (exact) mass is 407 g/mol. The van der Waals surface area contributed by atoms with E-state index in [9.17, 15) is 5.11 Å². The molecule has 30 heavy (non-hydrogen) atoms. The number of aliphatic hydroxyl groups is 1. The summed E-state index contributed by atoms with van der Waals surface area (Å²) in [6.07, 6.45) is 9.07. The van der Waals surface area contributed by atoms with Crippen molar-refractivity contribution in [3.63, 3.8) is 0 Å². The SMILES string of the molecule is OC[C@H](c1ccccc1)N1CCC[C@@H]1[C@H]1CC[C@H](CCOCc2ccccc2)CC1. The second kappa shape index (κ2) is 11.1. The molecule has 1 saturated heterocycles. The molecule has 0 spiro atoms. The van der Waals surface area contributed by atoms with Crippen molar-refractivity contribution < 1.29 is 9.84 Å². The second-order valence-corrected chi connectivity index (χ2v) is 9.16. The molecule has 1 aliphatic carbocycles. The Morgan fingerprint density at radius 3 is 2.30 bits per heavy atom. The van der Waals surface area contributed by atoms with Gasteiger partial charge in [-0.2, -0.15) is 0 Å². The first-order valence-electron chi connectivity index (χ1n) is 11.9. The molecule has 0 aromatic heterocycles. The third-order valence-electron chi connectivity index (χ3n) is 7.32. The van der Waals surface area contributed by atoms with Crippen molar-refractivity contribution in [3.05, 3.63) is 71.8 Å². The van der Waals surface area contributed by atoms with E-state index in [-0.39, 0.29) is 12.6 Å². The van der Waals surface area contributed by atoms with Crippen LogP contribution in [0, 0.1) is 11.8 Å². The van der Waals surface area contributed by atoms with Gasteiger partial charge in [0.1, 0.15) is 0 Å². The molecule has 3 heteroatoms. The van der Waals surface area contributed by atoms with Gasteiger partial charge in [0.15, 0.2) is 0 Å². The minimum atomic E-state index is 0.155. The number of benzene rings is 2. The molecule has 2 fully saturated rings. The standard InChI is InChI=1S/C27H37NO2/c29-20-27(24-10-5-2-6-11-24)28-18-7-12-26(28)25-15-13-22(14-16-25)17-19-30-21-23-8-3-1-4-9-23/h1-6,8-11,22,25-27,29H,7,12-21H2/t22-,25-,26-,27-/m1/s1. The number of rotatable bonds is 9. The number of nitrogens with zero attached hydrogens (tertiary/aromatic N) is 1. The predicted octanol–water partition coefficient (Wildman–Crippen LogP) is 5.60. The molecule has 1 saturated carbocycles. The van der Waals surface area contributed by atoms with Gasteiger partial charge in [0, 0.05) is 12.6 Å². The Bertz CT molecular complexity index is 727. The fraction of sp³-hybridized carbons (Fsp3) is 0.556. The van der Waals surface area contributed by atoms with Crippen LogP contribution < -0.4 is 0 Å². The van der Waals surface area contributed by atoms with Crippen molar-refractivity contribution >= 4 is 0 Å². The van der Waals surface area contributed by atoms with Crippen LogP contribution in [0.3, 0.4) is 0 Å². The van der Waals surface area contributed by atoms with Gasteiger partial charge in [0.25, 0.3) is 0 Å². The van der Waals surface area contributed by atoms with Crippen LogP contribution in [0.5, 0.6) is 0 Å². The van der Waals surface area contributed by atoms with E-state index in [4.69, 9.17) is 4.74 Å². The lowest BCUT2D eigenvalue weighted by Gasteiger charge is -2.40. The molecule has 2 atom stereocenters. The van der Waals surface area contributed by atoms with Gasteiger partial charge in [-0.3, -0.25) is 4.90 Å². The zero-order chi connectivity index (χ0) is 20.6. The second-order valence-electron chi connectivity index (χ2n) is 9.16. The largest absolute Gasteiger partial charge is 0.394 e. The summed E-state index contributed by atoms with van der Waals surface area (Å²) >= 11 is 0. The molecule has 1 heterocycles. The fourth-order valence-electron chi connectivity index (χ4n) is 5.66. The summed E-state index contributed by atoms with van der Waals surface area (Å²) in [7, 11) is 0. The lowest BCUT2D eigenvalue weighted by Crippen LogP contribution is -2.41. The molecule has 2 aliphatic rings. The van der Waals surface area contributed by atoms with Gasteiger partial charge in [-0.05, 0) is 61.6 Å². The van der Waals surface area contributed by atoms with Crippen LogP contribution in [0.25, 0.3) is 0 Å². The van der Waals surface area contributed by atoms with E-state index in [2.05, 4.69) is 65.6 Å². The average molecular weight is 408 g/mol. The van der Waals surface area contributed by atoms with Crippen LogP contribution in [0.4, 0.5) is 0 Å². The highest BCUT2D eigenvalue weighted by molar-refractivity contribution is 5.20. The summed E-state index contributed by atoms with van der Waals surface area (Å²) in [6, 6.07) is 21.8. The van der Waals surface area contributed by atoms with Crippen LogP contribution in [0.2, 0.25) is 0 Å². The van der Waals surface area contributed by atoms with Crippen molar-refractivity contribution in [1.82, 2.24) is 4.90 Å². The van der Waals surface area contributed by atoms with Gasteiger partial charge in [0.05, 0.1) is 19.3 Å². The number of ether oxygens (including phenoxy) is 1. The van der Waals surface area contributed by atoms with Gasteiger partial charge in [-0.15, -0.1) is 0 Å². The van der Waals surface area contributed by atoms with Gasteiger partial charge in [0.2, 0.25) is 0 Å². The summed E-state index contributed by atoms with van der Waals surface area (Å²) in [5.74, 6) is 1.60. The first-order valence-corrected chi connectivity index (χ1v) is 11.9. The van der Waals surface area contributed by atoms with E-state index in [1.165, 1.54) is 56.1 Å². The lowest BCUT2D eigenvalue weighted by molar-refractivity contribution is 0.0600. The summed E-state index contributed by atoms with van der Waals surface area (Å²) in [6.45, 7) is 2.95. The number of hydrogen-bond acceptors (Lipinski definition) is 3. The zero-order valence-corrected chi connectivity index (χ0v) is 18.2. The zero-order valence-electron chi connectivity index (χ0n) is 18.2. The first kappa shape index (κ1) is 21.5. The maximum atomic E-state index is 10.1. The van der Waals surface area contributed by atoms with Gasteiger partial charge < -0.3 is 9.84 Å². The Kier molecular flexibility index (Phi) is 7.96. The summed E-state index contributed by atoms with van der Waals surface area (Å²) < 4.78 is 5.93. The summed E-state index contributed by atoms with van der Waals surface area (Å²) in [5.41, 5.74) is 2.52. The molecular weight excluding hydrogens is 370 g/mol. The number of likely N-dealkylation sites (tertiary alicyclic amines) is 1. The minimum Gasteiger partial charge on any atom is -0.394 e. The molecule has 0 bridgehead atoms. The fourth-order valence-corrected chi connectivity index (χ4v) is 5.66. The lowest BCUT2D eigenvalue weighted by atomic mass is 9.76. The highest BCUT2D eigenvalue weighted by atomic mass is 16.5. The van der Waals surface area contributed by atoms with Gasteiger partial charge in [-0.25, -0.2) is 0 Å². The Morgan fingerprint density at radius 1 is 0.900 bits per heavy atom. The third-order valence-corrected chi connectivity index (χ3v) is 7.32. The Morgan fingerprint density at radius 2 is 1.60 bits per heavy atom. The first-order chi connectivity index (χ1) is 14.8. The number of aliphatic hydroxyl groups excluding tert-OH is 1. The molecule has 4 rings (SSSR count). The minimum absolute atomic E-state index is 0.155. The molecule has 1 N–H and O–H groups in total. The quantitative estimate of drug-likeness (QED) is 0.549. The van der Waals surface area contributed by atoms with Gasteiger partial charge in [-0.1, -0.05) is 73.5 Å². The highest BCUT2D eigenvalue weighted by Gasteiger charge is 2.37. The van der Waals surface area contributed by atoms with Crippen molar-refractivity contribution in [2.75, 3.05) is 19.8 Å². The average Bonchev–Trinajstić information content (AvgIpc) is 3.29. The smallest absolute Gasteiger partial charge is 0.0716 e. The molecule has 3 nitrogen and oxygen atoms in total. The molecule has 0 radical (unpaired) electrons. The van der Waals surface area contributed by atoms with E-state index in [0.29, 0.717) is 6.04 Å². The maximum Gasteiger partial charge on any atom is 0.0716 e. The summed E-state index contributed by atoms with van der Waals surface area (Å²) in [5, 5.41) is 10.1. The molecule has 162 valence electrons. The normalized spacial score (nSPS) is 26.0. The van der Waals surface area contributed by atoms with E-state index < -0.39 is 0 Å². The Labute approximate surface area is 182 Å². The highest BCUT2D eigenvalue weighted by Crippen LogP contribution is 2.40. The Hall–Kier alpha value is -1.68. The van der Waals surface area contributed by atoms with Crippen LogP contribution in [0.1, 0.15) is 62.1 Å². The van der Waals surface area contributed by atoms with Crippen LogP contribution in [0.15, 0.2) is 60.7 Å². The molecule has 2 aromatic carbocycles. The van der Waals surface area contributed by atoms with Crippen molar-refractivity contribution in [2.24, 2.45) is 11.8 Å². The molecule has 0 amide bonds.